The van der Waals surface area contributed by atoms with Crippen LogP contribution in [0.5, 0.6) is 0 Å². The van der Waals surface area contributed by atoms with E-state index < -0.39 is 12.1 Å². The van der Waals surface area contributed by atoms with Crippen molar-refractivity contribution in [2.24, 2.45) is 0 Å². The van der Waals surface area contributed by atoms with Gasteiger partial charge in [0.05, 0.1) is 5.69 Å². The second-order valence-electron chi connectivity index (χ2n) is 1.95. The van der Waals surface area contributed by atoms with Crippen molar-refractivity contribution in [2.45, 2.75) is 6.10 Å². The molecule has 0 aliphatic rings. The fraction of sp³-hybridized carbons (Fsp3) is 0.125. The van der Waals surface area contributed by atoms with Crippen molar-refractivity contribution in [3.63, 3.8) is 0 Å². The number of hydrogen-bond donors (Lipinski definition) is 1. The van der Waals surface area contributed by atoms with E-state index in [9.17, 15) is 4.39 Å². The van der Waals surface area contributed by atoms with Gasteiger partial charge >= 0.3 is 0 Å². The van der Waals surface area contributed by atoms with Crippen LogP contribution in [0.3, 0.4) is 0 Å². The lowest BCUT2D eigenvalue weighted by Gasteiger charge is -2.00. The molecule has 0 aliphatic heterocycles. The zero-order valence-corrected chi connectivity index (χ0v) is 5.66. The van der Waals surface area contributed by atoms with Gasteiger partial charge in [0.25, 0.3) is 0 Å². The molecule has 0 radical (unpaired) electrons. The number of halogens is 1. The lowest BCUT2D eigenvalue weighted by molar-refractivity contribution is 0.232. The third-order valence-corrected chi connectivity index (χ3v) is 1.17. The minimum Gasteiger partial charge on any atom is -0.374 e. The van der Waals surface area contributed by atoms with Crippen molar-refractivity contribution >= 4 is 0 Å². The standard InChI is InChI=1S/C8H6FNO/c1-2-7(11)6-4-3-5-8(9)10-6/h1,3-5,7,11H. The van der Waals surface area contributed by atoms with E-state index in [4.69, 9.17) is 11.5 Å². The smallest absolute Gasteiger partial charge is 0.213 e. The zero-order valence-electron chi connectivity index (χ0n) is 5.66. The Hall–Kier alpha value is -1.40. The molecule has 1 unspecified atom stereocenters. The number of aromatic nitrogens is 1. The highest BCUT2D eigenvalue weighted by Gasteiger charge is 2.04. The third kappa shape index (κ3) is 1.76. The molecule has 0 saturated heterocycles. The van der Waals surface area contributed by atoms with Gasteiger partial charge < -0.3 is 5.11 Å². The molecule has 0 bridgehead atoms. The summed E-state index contributed by atoms with van der Waals surface area (Å²) in [5.74, 6) is 1.39. The van der Waals surface area contributed by atoms with E-state index in [1.165, 1.54) is 18.2 Å². The molecule has 0 aromatic carbocycles. The number of hydrogen-bond acceptors (Lipinski definition) is 2. The molecular formula is C8H6FNO. The average molecular weight is 151 g/mol. The Morgan fingerprint density at radius 2 is 2.36 bits per heavy atom. The Bertz CT molecular complexity index is 292. The van der Waals surface area contributed by atoms with Crippen LogP contribution in [0.1, 0.15) is 11.8 Å². The molecule has 11 heavy (non-hydrogen) atoms. The van der Waals surface area contributed by atoms with Crippen LogP contribution in [-0.4, -0.2) is 10.1 Å². The fourth-order valence-electron chi connectivity index (χ4n) is 0.662. The van der Waals surface area contributed by atoms with E-state index in [2.05, 4.69) is 4.98 Å². The Morgan fingerprint density at radius 3 is 2.91 bits per heavy atom. The van der Waals surface area contributed by atoms with Gasteiger partial charge in [-0.1, -0.05) is 12.0 Å². The van der Waals surface area contributed by atoms with E-state index in [0.717, 1.165) is 0 Å². The highest BCUT2D eigenvalue weighted by atomic mass is 19.1. The summed E-state index contributed by atoms with van der Waals surface area (Å²) in [5.41, 5.74) is 0.160. The second kappa shape index (κ2) is 3.13. The van der Waals surface area contributed by atoms with Crippen molar-refractivity contribution in [1.82, 2.24) is 4.98 Å². The van der Waals surface area contributed by atoms with Gasteiger partial charge in [-0.05, 0) is 12.1 Å². The maximum atomic E-state index is 12.4. The number of aliphatic hydroxyl groups excluding tert-OH is 1. The molecule has 1 aromatic rings. The molecule has 56 valence electrons. The number of aliphatic hydroxyl groups is 1. The molecule has 0 saturated carbocycles. The Labute approximate surface area is 63.7 Å². The van der Waals surface area contributed by atoms with Gasteiger partial charge in [-0.15, -0.1) is 6.42 Å². The maximum absolute atomic E-state index is 12.4. The number of pyridine rings is 1. The van der Waals surface area contributed by atoms with Gasteiger partial charge in [-0.2, -0.15) is 4.39 Å². The third-order valence-electron chi connectivity index (χ3n) is 1.17. The van der Waals surface area contributed by atoms with Crippen molar-refractivity contribution in [3.8, 4) is 12.3 Å². The molecule has 2 nitrogen and oxygen atoms in total. The van der Waals surface area contributed by atoms with E-state index in [1.54, 1.807) is 0 Å². The van der Waals surface area contributed by atoms with E-state index >= 15 is 0 Å². The van der Waals surface area contributed by atoms with E-state index in [1.807, 2.05) is 5.92 Å². The number of rotatable bonds is 1. The van der Waals surface area contributed by atoms with Crippen molar-refractivity contribution in [3.05, 3.63) is 29.8 Å². The molecule has 1 N–H and O–H groups in total. The van der Waals surface area contributed by atoms with Crippen LogP contribution in [-0.2, 0) is 0 Å². The Kier molecular flexibility index (Phi) is 2.19. The van der Waals surface area contributed by atoms with Gasteiger partial charge in [0.15, 0.2) is 6.10 Å². The molecule has 0 spiro atoms. The van der Waals surface area contributed by atoms with Gasteiger partial charge in [0.2, 0.25) is 5.95 Å². The predicted octanol–water partition coefficient (Wildman–Crippen LogP) is 0.887. The average Bonchev–Trinajstić information content (AvgIpc) is 2.03. The number of terminal acetylenes is 1. The van der Waals surface area contributed by atoms with Crippen LogP contribution in [0.2, 0.25) is 0 Å². The fourth-order valence-corrected chi connectivity index (χ4v) is 0.662. The molecule has 0 amide bonds. The van der Waals surface area contributed by atoms with Crippen LogP contribution in [0.4, 0.5) is 4.39 Å². The first-order valence-electron chi connectivity index (χ1n) is 3.00. The molecule has 1 heterocycles. The van der Waals surface area contributed by atoms with Crippen LogP contribution in [0, 0.1) is 18.3 Å². The summed E-state index contributed by atoms with van der Waals surface area (Å²) in [5, 5.41) is 8.99. The lowest BCUT2D eigenvalue weighted by Crippen LogP contribution is -1.98. The summed E-state index contributed by atoms with van der Waals surface area (Å²) >= 11 is 0. The predicted molar refractivity (Wildman–Crippen MR) is 38.0 cm³/mol. The topological polar surface area (TPSA) is 33.1 Å². The Morgan fingerprint density at radius 1 is 1.64 bits per heavy atom. The highest BCUT2D eigenvalue weighted by Crippen LogP contribution is 2.07. The van der Waals surface area contributed by atoms with Crippen LogP contribution < -0.4 is 0 Å². The van der Waals surface area contributed by atoms with Gasteiger partial charge in [0.1, 0.15) is 0 Å². The molecular weight excluding hydrogens is 145 g/mol. The van der Waals surface area contributed by atoms with Gasteiger partial charge in [-0.3, -0.25) is 0 Å². The van der Waals surface area contributed by atoms with Crippen molar-refractivity contribution < 1.29 is 9.50 Å². The van der Waals surface area contributed by atoms with Crippen LogP contribution in [0.25, 0.3) is 0 Å². The minimum absolute atomic E-state index is 0.160. The molecule has 0 aliphatic carbocycles. The second-order valence-corrected chi connectivity index (χ2v) is 1.95. The molecule has 1 aromatic heterocycles. The van der Waals surface area contributed by atoms with Crippen LogP contribution in [0.15, 0.2) is 18.2 Å². The quantitative estimate of drug-likeness (QED) is 0.477. The summed E-state index contributed by atoms with van der Waals surface area (Å²) in [7, 11) is 0. The van der Waals surface area contributed by atoms with E-state index in [0.29, 0.717) is 0 Å². The Balaban J connectivity index is 2.98. The maximum Gasteiger partial charge on any atom is 0.213 e. The normalized spacial score (nSPS) is 12.1. The first-order chi connectivity index (χ1) is 5.24. The lowest BCUT2D eigenvalue weighted by atomic mass is 10.2. The zero-order chi connectivity index (χ0) is 8.27. The van der Waals surface area contributed by atoms with Gasteiger partial charge in [-0.25, -0.2) is 4.98 Å². The van der Waals surface area contributed by atoms with Crippen LogP contribution >= 0.6 is 0 Å². The summed E-state index contributed by atoms with van der Waals surface area (Å²) in [6, 6.07) is 4.10. The summed E-state index contributed by atoms with van der Waals surface area (Å²) < 4.78 is 12.4. The SMILES string of the molecule is C#CC(O)c1cccc(F)n1. The molecule has 1 rings (SSSR count). The van der Waals surface area contributed by atoms with E-state index in [-0.39, 0.29) is 5.69 Å². The summed E-state index contributed by atoms with van der Waals surface area (Å²) in [4.78, 5) is 3.38. The highest BCUT2D eigenvalue weighted by molar-refractivity contribution is 5.15. The number of nitrogens with zero attached hydrogens (tertiary/aromatic N) is 1. The minimum atomic E-state index is -1.12. The monoisotopic (exact) mass is 151 g/mol. The van der Waals surface area contributed by atoms with Crippen molar-refractivity contribution in [1.29, 1.82) is 0 Å². The summed E-state index contributed by atoms with van der Waals surface area (Å²) in [6.45, 7) is 0. The largest absolute Gasteiger partial charge is 0.374 e. The molecule has 0 fully saturated rings. The molecule has 1 atom stereocenters. The van der Waals surface area contributed by atoms with Crippen molar-refractivity contribution in [2.75, 3.05) is 0 Å². The first kappa shape index (κ1) is 7.70. The molecule has 3 heteroatoms. The van der Waals surface area contributed by atoms with Gasteiger partial charge in [0, 0.05) is 0 Å². The summed E-state index contributed by atoms with van der Waals surface area (Å²) in [6.07, 6.45) is 3.77. The first-order valence-corrected chi connectivity index (χ1v) is 3.00.